The van der Waals surface area contributed by atoms with Crippen LogP contribution in [0, 0.1) is 5.41 Å². The smallest absolute Gasteiger partial charge is 0.242 e. The predicted octanol–water partition coefficient (Wildman–Crippen LogP) is 1.71. The van der Waals surface area contributed by atoms with Crippen molar-refractivity contribution in [2.75, 3.05) is 6.54 Å². The lowest BCUT2D eigenvalue weighted by Gasteiger charge is -2.36. The van der Waals surface area contributed by atoms with Crippen LogP contribution in [0.15, 0.2) is 0 Å². The van der Waals surface area contributed by atoms with Gasteiger partial charge in [-0.25, -0.2) is 0 Å². The molecule has 122 valence electrons. The molecule has 0 radical (unpaired) electrons. The van der Waals surface area contributed by atoms with Crippen LogP contribution in [0.1, 0.15) is 66.2 Å². The first-order valence-corrected chi connectivity index (χ1v) is 7.99. The van der Waals surface area contributed by atoms with Gasteiger partial charge in [0, 0.05) is 12.0 Å². The standard InChI is InChI=1S/C16H31N3O2/c1-12(14(21)19-15(2,3)4)18-13(20)10-16(11-17)8-6-5-7-9-16/h12H,5-11,17H2,1-4H3,(H,18,20)(H,19,21). The molecule has 21 heavy (non-hydrogen) atoms. The molecule has 2 amide bonds. The summed E-state index contributed by atoms with van der Waals surface area (Å²) in [6.07, 6.45) is 5.97. The molecule has 1 aliphatic carbocycles. The molecule has 0 saturated heterocycles. The molecular weight excluding hydrogens is 266 g/mol. The average Bonchev–Trinajstić information content (AvgIpc) is 2.37. The van der Waals surface area contributed by atoms with Gasteiger partial charge in [0.15, 0.2) is 0 Å². The van der Waals surface area contributed by atoms with Gasteiger partial charge in [-0.1, -0.05) is 19.3 Å². The minimum absolute atomic E-state index is 0.0669. The molecule has 0 aromatic rings. The molecule has 1 rings (SSSR count). The van der Waals surface area contributed by atoms with E-state index >= 15 is 0 Å². The minimum atomic E-state index is -0.518. The lowest BCUT2D eigenvalue weighted by atomic mass is 9.71. The Bertz CT molecular complexity index is 368. The van der Waals surface area contributed by atoms with Crippen LogP contribution in [-0.2, 0) is 9.59 Å². The first-order chi connectivity index (χ1) is 9.67. The summed E-state index contributed by atoms with van der Waals surface area (Å²) < 4.78 is 0. The van der Waals surface area contributed by atoms with Crippen LogP contribution in [0.25, 0.3) is 0 Å². The number of hydrogen-bond acceptors (Lipinski definition) is 3. The van der Waals surface area contributed by atoms with Gasteiger partial charge in [-0.05, 0) is 52.5 Å². The van der Waals surface area contributed by atoms with E-state index in [9.17, 15) is 9.59 Å². The Labute approximate surface area is 128 Å². The van der Waals surface area contributed by atoms with E-state index in [0.717, 1.165) is 25.7 Å². The number of carbonyl (C=O) groups excluding carboxylic acids is 2. The molecule has 4 N–H and O–H groups in total. The highest BCUT2D eigenvalue weighted by Gasteiger charge is 2.33. The Balaban J connectivity index is 2.50. The summed E-state index contributed by atoms with van der Waals surface area (Å²) in [7, 11) is 0. The van der Waals surface area contributed by atoms with E-state index in [0.29, 0.717) is 13.0 Å². The largest absolute Gasteiger partial charge is 0.350 e. The zero-order valence-electron chi connectivity index (χ0n) is 13.9. The van der Waals surface area contributed by atoms with Gasteiger partial charge in [-0.15, -0.1) is 0 Å². The van der Waals surface area contributed by atoms with Gasteiger partial charge < -0.3 is 16.4 Å². The van der Waals surface area contributed by atoms with Crippen molar-refractivity contribution in [3.8, 4) is 0 Å². The van der Waals surface area contributed by atoms with E-state index in [4.69, 9.17) is 5.73 Å². The normalized spacial score (nSPS) is 19.7. The van der Waals surface area contributed by atoms with Gasteiger partial charge in [0.25, 0.3) is 0 Å². The van der Waals surface area contributed by atoms with Crippen LogP contribution in [0.2, 0.25) is 0 Å². The Morgan fingerprint density at radius 3 is 2.24 bits per heavy atom. The molecular formula is C16H31N3O2. The minimum Gasteiger partial charge on any atom is -0.350 e. The number of amides is 2. The molecule has 0 heterocycles. The molecule has 1 saturated carbocycles. The third-order valence-electron chi connectivity index (χ3n) is 4.15. The molecule has 5 nitrogen and oxygen atoms in total. The van der Waals surface area contributed by atoms with Gasteiger partial charge in [-0.3, -0.25) is 9.59 Å². The molecule has 5 heteroatoms. The van der Waals surface area contributed by atoms with E-state index in [2.05, 4.69) is 10.6 Å². The van der Waals surface area contributed by atoms with Gasteiger partial charge >= 0.3 is 0 Å². The SMILES string of the molecule is CC(NC(=O)CC1(CN)CCCCC1)C(=O)NC(C)(C)C. The summed E-state index contributed by atoms with van der Waals surface area (Å²) in [5.74, 6) is -0.222. The number of rotatable bonds is 5. The quantitative estimate of drug-likeness (QED) is 0.722. The van der Waals surface area contributed by atoms with E-state index < -0.39 is 6.04 Å². The highest BCUT2D eigenvalue weighted by Crippen LogP contribution is 2.38. The summed E-state index contributed by atoms with van der Waals surface area (Å²) in [6.45, 7) is 8.03. The summed E-state index contributed by atoms with van der Waals surface area (Å²) >= 11 is 0. The van der Waals surface area contributed by atoms with Crippen molar-refractivity contribution in [2.45, 2.75) is 77.8 Å². The molecule has 0 bridgehead atoms. The van der Waals surface area contributed by atoms with Crippen LogP contribution in [0.5, 0.6) is 0 Å². The van der Waals surface area contributed by atoms with Crippen molar-refractivity contribution < 1.29 is 9.59 Å². The molecule has 0 spiro atoms. The average molecular weight is 297 g/mol. The molecule has 0 aliphatic heterocycles. The third-order valence-corrected chi connectivity index (χ3v) is 4.15. The Kier molecular flexibility index (Phi) is 6.20. The number of nitrogens with two attached hydrogens (primary N) is 1. The highest BCUT2D eigenvalue weighted by molar-refractivity contribution is 5.87. The van der Waals surface area contributed by atoms with Crippen molar-refractivity contribution in [2.24, 2.45) is 11.1 Å². The Morgan fingerprint density at radius 1 is 1.19 bits per heavy atom. The fourth-order valence-electron chi connectivity index (χ4n) is 2.93. The van der Waals surface area contributed by atoms with E-state index in [1.807, 2.05) is 20.8 Å². The number of nitrogens with one attached hydrogen (secondary N) is 2. The van der Waals surface area contributed by atoms with Crippen molar-refractivity contribution >= 4 is 11.8 Å². The number of hydrogen-bond donors (Lipinski definition) is 3. The van der Waals surface area contributed by atoms with Crippen molar-refractivity contribution in [1.82, 2.24) is 10.6 Å². The van der Waals surface area contributed by atoms with Crippen LogP contribution in [-0.4, -0.2) is 29.9 Å². The van der Waals surface area contributed by atoms with Gasteiger partial charge in [0.2, 0.25) is 11.8 Å². The summed E-state index contributed by atoms with van der Waals surface area (Å²) in [4.78, 5) is 24.2. The predicted molar refractivity (Wildman–Crippen MR) is 84.7 cm³/mol. The molecule has 1 atom stereocenters. The van der Waals surface area contributed by atoms with Crippen molar-refractivity contribution in [3.05, 3.63) is 0 Å². The second-order valence-corrected chi connectivity index (χ2v) is 7.47. The van der Waals surface area contributed by atoms with Crippen LogP contribution in [0.4, 0.5) is 0 Å². The summed E-state index contributed by atoms with van der Waals surface area (Å²) in [6, 6.07) is -0.518. The fourth-order valence-corrected chi connectivity index (χ4v) is 2.93. The maximum atomic E-state index is 12.2. The zero-order chi connectivity index (χ0) is 16.1. The molecule has 1 aliphatic rings. The van der Waals surface area contributed by atoms with Crippen LogP contribution in [0.3, 0.4) is 0 Å². The zero-order valence-corrected chi connectivity index (χ0v) is 13.9. The van der Waals surface area contributed by atoms with Crippen molar-refractivity contribution in [1.29, 1.82) is 0 Å². The highest BCUT2D eigenvalue weighted by atomic mass is 16.2. The van der Waals surface area contributed by atoms with E-state index in [1.165, 1.54) is 6.42 Å². The Morgan fingerprint density at radius 2 is 1.76 bits per heavy atom. The summed E-state index contributed by atoms with van der Waals surface area (Å²) in [5.41, 5.74) is 5.54. The molecule has 0 aromatic heterocycles. The van der Waals surface area contributed by atoms with E-state index in [1.54, 1.807) is 6.92 Å². The molecule has 0 aromatic carbocycles. The van der Waals surface area contributed by atoms with Gasteiger partial charge in [0.05, 0.1) is 0 Å². The van der Waals surface area contributed by atoms with Gasteiger partial charge in [0.1, 0.15) is 6.04 Å². The maximum Gasteiger partial charge on any atom is 0.242 e. The second-order valence-electron chi connectivity index (χ2n) is 7.47. The third kappa shape index (κ3) is 6.04. The monoisotopic (exact) mass is 297 g/mol. The number of carbonyl (C=O) groups is 2. The maximum absolute atomic E-state index is 12.2. The first-order valence-electron chi connectivity index (χ1n) is 7.99. The lowest BCUT2D eigenvalue weighted by Crippen LogP contribution is -2.51. The summed E-state index contributed by atoms with van der Waals surface area (Å²) in [5, 5.41) is 5.68. The molecule has 1 fully saturated rings. The van der Waals surface area contributed by atoms with Crippen LogP contribution < -0.4 is 16.4 Å². The van der Waals surface area contributed by atoms with Crippen molar-refractivity contribution in [3.63, 3.8) is 0 Å². The van der Waals surface area contributed by atoms with Gasteiger partial charge in [-0.2, -0.15) is 0 Å². The topological polar surface area (TPSA) is 84.2 Å². The molecule has 1 unspecified atom stereocenters. The Hall–Kier alpha value is -1.10. The second kappa shape index (κ2) is 7.25. The van der Waals surface area contributed by atoms with E-state index in [-0.39, 0.29) is 22.8 Å². The van der Waals surface area contributed by atoms with Crippen LogP contribution >= 0.6 is 0 Å². The lowest BCUT2D eigenvalue weighted by molar-refractivity contribution is -0.130. The fraction of sp³-hybridized carbons (Fsp3) is 0.875. The first kappa shape index (κ1) is 18.0.